The van der Waals surface area contributed by atoms with Crippen LogP contribution >= 0.6 is 0 Å². The lowest BCUT2D eigenvalue weighted by atomic mass is 9.83. The number of nitrogens with two attached hydrogens (primary N) is 1. The monoisotopic (exact) mass is 330 g/mol. The summed E-state index contributed by atoms with van der Waals surface area (Å²) in [5, 5.41) is 8.82. The van der Waals surface area contributed by atoms with Gasteiger partial charge in [0.05, 0.1) is 11.6 Å². The SMILES string of the molecule is CC(CC(=O)[C@@H](Cc1ccc(C#N)cc1)OC(N)=O)CC(C)(C)C. The molecule has 5 heteroatoms. The minimum Gasteiger partial charge on any atom is -0.438 e. The molecule has 1 unspecified atom stereocenters. The highest BCUT2D eigenvalue weighted by atomic mass is 16.6. The first-order valence-electron chi connectivity index (χ1n) is 8.08. The number of hydrogen-bond donors (Lipinski definition) is 1. The van der Waals surface area contributed by atoms with Gasteiger partial charge in [0.2, 0.25) is 0 Å². The Bertz CT molecular complexity index is 609. The number of Topliss-reactive ketones (excluding diaryl/α,β-unsaturated/α-hetero) is 1. The van der Waals surface area contributed by atoms with Gasteiger partial charge in [-0.3, -0.25) is 4.79 Å². The van der Waals surface area contributed by atoms with Crippen LogP contribution in [0.5, 0.6) is 0 Å². The molecule has 0 saturated carbocycles. The lowest BCUT2D eigenvalue weighted by molar-refractivity contribution is -0.128. The van der Waals surface area contributed by atoms with E-state index in [9.17, 15) is 9.59 Å². The summed E-state index contributed by atoms with van der Waals surface area (Å²) in [7, 11) is 0. The second-order valence-electron chi connectivity index (χ2n) is 7.48. The van der Waals surface area contributed by atoms with E-state index in [2.05, 4.69) is 20.8 Å². The fraction of sp³-hybridized carbons (Fsp3) is 0.526. The molecule has 0 saturated heterocycles. The van der Waals surface area contributed by atoms with Crippen molar-refractivity contribution in [2.75, 3.05) is 0 Å². The zero-order valence-corrected chi connectivity index (χ0v) is 14.8. The Morgan fingerprint density at radius 1 is 1.25 bits per heavy atom. The fourth-order valence-corrected chi connectivity index (χ4v) is 2.88. The number of primary amides is 1. The van der Waals surface area contributed by atoms with Crippen molar-refractivity contribution >= 4 is 11.9 Å². The minimum absolute atomic E-state index is 0.130. The highest BCUT2D eigenvalue weighted by Crippen LogP contribution is 2.26. The van der Waals surface area contributed by atoms with Gasteiger partial charge in [-0.05, 0) is 35.4 Å². The Morgan fingerprint density at radius 2 is 1.83 bits per heavy atom. The number of rotatable bonds is 7. The molecular weight excluding hydrogens is 304 g/mol. The molecule has 1 aromatic carbocycles. The Hall–Kier alpha value is -2.35. The summed E-state index contributed by atoms with van der Waals surface area (Å²) in [6.45, 7) is 8.40. The Morgan fingerprint density at radius 3 is 2.29 bits per heavy atom. The molecular formula is C19H26N2O3. The molecule has 0 aromatic heterocycles. The Labute approximate surface area is 143 Å². The topological polar surface area (TPSA) is 93.2 Å². The van der Waals surface area contributed by atoms with Crippen LogP contribution in [0.25, 0.3) is 0 Å². The number of amides is 1. The second kappa shape index (κ2) is 8.49. The number of benzene rings is 1. The van der Waals surface area contributed by atoms with Crippen molar-refractivity contribution < 1.29 is 14.3 Å². The summed E-state index contributed by atoms with van der Waals surface area (Å²) in [6, 6.07) is 8.88. The van der Waals surface area contributed by atoms with Crippen LogP contribution in [-0.4, -0.2) is 18.0 Å². The first-order valence-corrected chi connectivity index (χ1v) is 8.08. The van der Waals surface area contributed by atoms with Gasteiger partial charge in [-0.25, -0.2) is 4.79 Å². The van der Waals surface area contributed by atoms with E-state index in [0.717, 1.165) is 12.0 Å². The van der Waals surface area contributed by atoms with Gasteiger partial charge < -0.3 is 10.5 Å². The van der Waals surface area contributed by atoms with Gasteiger partial charge in [0, 0.05) is 12.8 Å². The van der Waals surface area contributed by atoms with Gasteiger partial charge in [0.15, 0.2) is 11.9 Å². The van der Waals surface area contributed by atoms with E-state index in [1.165, 1.54) is 0 Å². The first-order chi connectivity index (χ1) is 11.1. The summed E-state index contributed by atoms with van der Waals surface area (Å²) in [5.41, 5.74) is 6.59. The summed E-state index contributed by atoms with van der Waals surface area (Å²) in [4.78, 5) is 23.6. The fourth-order valence-electron chi connectivity index (χ4n) is 2.88. The zero-order valence-electron chi connectivity index (χ0n) is 14.8. The molecule has 130 valence electrons. The second-order valence-corrected chi connectivity index (χ2v) is 7.48. The normalized spacial score (nSPS) is 13.6. The number of ether oxygens (including phenoxy) is 1. The number of nitriles is 1. The summed E-state index contributed by atoms with van der Waals surface area (Å²) in [6.07, 6.45) is -0.344. The van der Waals surface area contributed by atoms with E-state index in [0.29, 0.717) is 12.0 Å². The molecule has 0 heterocycles. The van der Waals surface area contributed by atoms with Crippen LogP contribution in [0.1, 0.15) is 51.7 Å². The largest absolute Gasteiger partial charge is 0.438 e. The maximum Gasteiger partial charge on any atom is 0.405 e. The van der Waals surface area contributed by atoms with Crippen molar-refractivity contribution in [2.24, 2.45) is 17.1 Å². The van der Waals surface area contributed by atoms with Crippen LogP contribution in [0.4, 0.5) is 4.79 Å². The standard InChI is InChI=1S/C19H26N2O3/c1-13(11-19(2,3)4)9-16(22)17(24-18(21)23)10-14-5-7-15(12-20)8-6-14/h5-8,13,17H,9-11H2,1-4H3,(H2,21,23)/t13?,17-/m1/s1. The van der Waals surface area contributed by atoms with Crippen molar-refractivity contribution in [3.63, 3.8) is 0 Å². The maximum atomic E-state index is 12.5. The third-order valence-corrected chi connectivity index (χ3v) is 3.63. The number of ketones is 1. The molecule has 1 amide bonds. The predicted molar refractivity (Wildman–Crippen MR) is 92.2 cm³/mol. The van der Waals surface area contributed by atoms with Crippen molar-refractivity contribution in [3.05, 3.63) is 35.4 Å². The van der Waals surface area contributed by atoms with Crippen LogP contribution < -0.4 is 5.73 Å². The number of carbonyl (C=O) groups excluding carboxylic acids is 2. The molecule has 0 aliphatic rings. The Kier molecular flexibility index (Phi) is 6.97. The maximum absolute atomic E-state index is 12.5. The average Bonchev–Trinajstić information content (AvgIpc) is 2.44. The summed E-state index contributed by atoms with van der Waals surface area (Å²) in [5.74, 6) is 0.0624. The number of hydrogen-bond acceptors (Lipinski definition) is 4. The van der Waals surface area contributed by atoms with Crippen molar-refractivity contribution in [1.29, 1.82) is 5.26 Å². The van der Waals surface area contributed by atoms with Gasteiger partial charge in [-0.15, -0.1) is 0 Å². The Balaban J connectivity index is 2.78. The van der Waals surface area contributed by atoms with Gasteiger partial charge in [0.25, 0.3) is 0 Å². The molecule has 0 aliphatic heterocycles. The van der Waals surface area contributed by atoms with Crippen molar-refractivity contribution in [1.82, 2.24) is 0 Å². The van der Waals surface area contributed by atoms with Crippen LogP contribution in [0, 0.1) is 22.7 Å². The van der Waals surface area contributed by atoms with E-state index in [1.807, 2.05) is 13.0 Å². The van der Waals surface area contributed by atoms with E-state index >= 15 is 0 Å². The van der Waals surface area contributed by atoms with Crippen LogP contribution in [0.3, 0.4) is 0 Å². The lowest BCUT2D eigenvalue weighted by Gasteiger charge is -2.24. The molecule has 0 radical (unpaired) electrons. The van der Waals surface area contributed by atoms with E-state index in [-0.39, 0.29) is 23.5 Å². The summed E-state index contributed by atoms with van der Waals surface area (Å²) < 4.78 is 5.03. The molecule has 0 bridgehead atoms. The highest BCUT2D eigenvalue weighted by molar-refractivity contribution is 5.85. The smallest absolute Gasteiger partial charge is 0.405 e. The number of carbonyl (C=O) groups is 2. The quantitative estimate of drug-likeness (QED) is 0.826. The third kappa shape index (κ3) is 7.28. The van der Waals surface area contributed by atoms with Crippen molar-refractivity contribution in [2.45, 2.75) is 53.1 Å². The van der Waals surface area contributed by atoms with E-state index in [1.54, 1.807) is 24.3 Å². The molecule has 1 aromatic rings. The molecule has 5 nitrogen and oxygen atoms in total. The molecule has 24 heavy (non-hydrogen) atoms. The third-order valence-electron chi connectivity index (χ3n) is 3.63. The van der Waals surface area contributed by atoms with E-state index < -0.39 is 12.2 Å². The first kappa shape index (κ1) is 19.7. The predicted octanol–water partition coefficient (Wildman–Crippen LogP) is 3.60. The highest BCUT2D eigenvalue weighted by Gasteiger charge is 2.25. The van der Waals surface area contributed by atoms with Crippen molar-refractivity contribution in [3.8, 4) is 6.07 Å². The average molecular weight is 330 g/mol. The lowest BCUT2D eigenvalue weighted by Crippen LogP contribution is -2.33. The molecule has 1 rings (SSSR count). The minimum atomic E-state index is -0.953. The molecule has 0 spiro atoms. The van der Waals surface area contributed by atoms with Gasteiger partial charge >= 0.3 is 6.09 Å². The van der Waals surface area contributed by atoms with E-state index in [4.69, 9.17) is 15.7 Å². The zero-order chi connectivity index (χ0) is 18.3. The molecule has 0 aliphatic carbocycles. The molecule has 2 atom stereocenters. The van der Waals surface area contributed by atoms with Crippen LogP contribution in [-0.2, 0) is 16.0 Å². The van der Waals surface area contributed by atoms with Gasteiger partial charge in [-0.2, -0.15) is 5.26 Å². The van der Waals surface area contributed by atoms with Crippen LogP contribution in [0.2, 0.25) is 0 Å². The summed E-state index contributed by atoms with van der Waals surface area (Å²) >= 11 is 0. The van der Waals surface area contributed by atoms with Gasteiger partial charge in [0.1, 0.15) is 0 Å². The van der Waals surface area contributed by atoms with Crippen LogP contribution in [0.15, 0.2) is 24.3 Å². The van der Waals surface area contributed by atoms with Gasteiger partial charge in [-0.1, -0.05) is 39.8 Å². The molecule has 0 fully saturated rings. The molecule has 2 N–H and O–H groups in total. The number of nitrogens with zero attached hydrogens (tertiary/aromatic N) is 1.